The van der Waals surface area contributed by atoms with Crippen LogP contribution >= 0.6 is 0 Å². The fraction of sp³-hybridized carbons (Fsp3) is 0.250. The van der Waals surface area contributed by atoms with E-state index in [0.717, 1.165) is 37.1 Å². The van der Waals surface area contributed by atoms with E-state index >= 15 is 0 Å². The molecule has 2 aromatic heterocycles. The summed E-state index contributed by atoms with van der Waals surface area (Å²) in [7, 11) is 0. The molecule has 0 amide bonds. The van der Waals surface area contributed by atoms with E-state index < -0.39 is 0 Å². The summed E-state index contributed by atoms with van der Waals surface area (Å²) in [5.41, 5.74) is 8.19. The number of aromatic nitrogens is 3. The van der Waals surface area contributed by atoms with Crippen molar-refractivity contribution in [2.75, 3.05) is 13.2 Å². The number of imidazole rings is 1. The van der Waals surface area contributed by atoms with Gasteiger partial charge in [0, 0.05) is 37.2 Å². The first kappa shape index (κ1) is 17.1. The van der Waals surface area contributed by atoms with Crippen LogP contribution in [0.5, 0.6) is 0 Å². The van der Waals surface area contributed by atoms with E-state index in [-0.39, 0.29) is 0 Å². The number of fused-ring (bicyclic) bond motifs is 1. The Hall–Kier alpha value is -2.98. The summed E-state index contributed by atoms with van der Waals surface area (Å²) >= 11 is 0. The second-order valence-corrected chi connectivity index (χ2v) is 7.49. The number of benzene rings is 2. The standard InChI is InChI=1S/C24H23N3O/c1-17-4-6-18(7-5-17)21-13-23-24(14-22(21)19-3-2-10-25-15-19)27(16-26-23)20-8-11-28-12-9-20/h2-7,10,13-16,20H,8-9,11-12H2,1H3. The Bertz CT molecular complexity index is 1090. The lowest BCUT2D eigenvalue weighted by Crippen LogP contribution is -2.18. The van der Waals surface area contributed by atoms with E-state index in [0.29, 0.717) is 6.04 Å². The molecule has 0 aliphatic carbocycles. The first-order valence-corrected chi connectivity index (χ1v) is 9.85. The lowest BCUT2D eigenvalue weighted by molar-refractivity contribution is 0.0706. The highest BCUT2D eigenvalue weighted by molar-refractivity contribution is 5.93. The van der Waals surface area contributed by atoms with Crippen LogP contribution in [0.25, 0.3) is 33.3 Å². The zero-order chi connectivity index (χ0) is 18.9. The molecule has 1 fully saturated rings. The lowest BCUT2D eigenvalue weighted by atomic mass is 9.94. The Labute approximate surface area is 164 Å². The zero-order valence-electron chi connectivity index (χ0n) is 16.0. The minimum atomic E-state index is 0.450. The smallest absolute Gasteiger partial charge is 0.0960 e. The van der Waals surface area contributed by atoms with Gasteiger partial charge in [-0.05, 0) is 54.7 Å². The molecule has 140 valence electrons. The van der Waals surface area contributed by atoms with Crippen LogP contribution in [0.15, 0.2) is 67.3 Å². The maximum absolute atomic E-state index is 5.55. The number of pyridine rings is 1. The average Bonchev–Trinajstić information content (AvgIpc) is 3.18. The maximum atomic E-state index is 5.55. The third-order valence-corrected chi connectivity index (χ3v) is 5.63. The molecule has 1 saturated heterocycles. The molecule has 1 aliphatic rings. The van der Waals surface area contributed by atoms with Crippen molar-refractivity contribution in [2.45, 2.75) is 25.8 Å². The van der Waals surface area contributed by atoms with Gasteiger partial charge in [-0.15, -0.1) is 0 Å². The Morgan fingerprint density at radius 2 is 1.75 bits per heavy atom. The van der Waals surface area contributed by atoms with E-state index in [1.807, 2.05) is 24.8 Å². The minimum Gasteiger partial charge on any atom is -0.381 e. The molecule has 0 unspecified atom stereocenters. The SMILES string of the molecule is Cc1ccc(-c2cc3ncn(C4CCOCC4)c3cc2-c2cccnc2)cc1. The Morgan fingerprint density at radius 1 is 0.964 bits per heavy atom. The van der Waals surface area contributed by atoms with Gasteiger partial charge in [0.15, 0.2) is 0 Å². The molecule has 0 spiro atoms. The molecule has 28 heavy (non-hydrogen) atoms. The summed E-state index contributed by atoms with van der Waals surface area (Å²) in [5.74, 6) is 0. The van der Waals surface area contributed by atoms with Crippen LogP contribution in [0.2, 0.25) is 0 Å². The Kier molecular flexibility index (Phi) is 4.41. The number of hydrogen-bond donors (Lipinski definition) is 0. The van der Waals surface area contributed by atoms with E-state index in [1.165, 1.54) is 27.8 Å². The highest BCUT2D eigenvalue weighted by atomic mass is 16.5. The number of aryl methyl sites for hydroxylation is 1. The molecule has 5 rings (SSSR count). The van der Waals surface area contributed by atoms with Crippen LogP contribution in [0.1, 0.15) is 24.4 Å². The van der Waals surface area contributed by atoms with Crippen molar-refractivity contribution >= 4 is 11.0 Å². The molecule has 1 aliphatic heterocycles. The molecule has 2 aromatic carbocycles. The van der Waals surface area contributed by atoms with Crippen molar-refractivity contribution in [1.29, 1.82) is 0 Å². The molecular formula is C24H23N3O. The van der Waals surface area contributed by atoms with Crippen LogP contribution in [0, 0.1) is 6.92 Å². The van der Waals surface area contributed by atoms with Crippen molar-refractivity contribution in [3.8, 4) is 22.3 Å². The molecule has 4 nitrogen and oxygen atoms in total. The molecule has 0 bridgehead atoms. The summed E-state index contributed by atoms with van der Waals surface area (Å²) in [4.78, 5) is 9.09. The van der Waals surface area contributed by atoms with E-state index in [4.69, 9.17) is 9.72 Å². The summed E-state index contributed by atoms with van der Waals surface area (Å²) < 4.78 is 7.88. The van der Waals surface area contributed by atoms with Gasteiger partial charge in [-0.2, -0.15) is 0 Å². The van der Waals surface area contributed by atoms with Crippen molar-refractivity contribution < 1.29 is 4.74 Å². The number of nitrogens with zero attached hydrogens (tertiary/aromatic N) is 3. The predicted octanol–water partition coefficient (Wildman–Crippen LogP) is 5.43. The molecule has 0 saturated carbocycles. The summed E-state index contributed by atoms with van der Waals surface area (Å²) in [6.45, 7) is 3.76. The molecular weight excluding hydrogens is 346 g/mol. The highest BCUT2D eigenvalue weighted by Crippen LogP contribution is 2.36. The lowest BCUT2D eigenvalue weighted by Gasteiger charge is -2.24. The molecule has 3 heterocycles. The van der Waals surface area contributed by atoms with Crippen molar-refractivity contribution in [2.24, 2.45) is 0 Å². The highest BCUT2D eigenvalue weighted by Gasteiger charge is 2.19. The predicted molar refractivity (Wildman–Crippen MR) is 112 cm³/mol. The first-order chi connectivity index (χ1) is 13.8. The molecule has 0 N–H and O–H groups in total. The van der Waals surface area contributed by atoms with Crippen molar-refractivity contribution in [1.82, 2.24) is 14.5 Å². The van der Waals surface area contributed by atoms with Gasteiger partial charge in [0.25, 0.3) is 0 Å². The molecule has 0 atom stereocenters. The van der Waals surface area contributed by atoms with Crippen molar-refractivity contribution in [3.05, 3.63) is 72.8 Å². The molecule has 4 aromatic rings. The summed E-state index contributed by atoms with van der Waals surface area (Å²) in [5, 5.41) is 0. The Balaban J connectivity index is 1.71. The van der Waals surface area contributed by atoms with Crippen molar-refractivity contribution in [3.63, 3.8) is 0 Å². The molecule has 4 heteroatoms. The quantitative estimate of drug-likeness (QED) is 0.484. The zero-order valence-corrected chi connectivity index (χ0v) is 16.0. The fourth-order valence-corrected chi connectivity index (χ4v) is 4.06. The van der Waals surface area contributed by atoms with Gasteiger partial charge >= 0.3 is 0 Å². The van der Waals surface area contributed by atoms with Crippen LogP contribution < -0.4 is 0 Å². The summed E-state index contributed by atoms with van der Waals surface area (Å²) in [6, 6.07) is 17.8. The van der Waals surface area contributed by atoms with Gasteiger partial charge in [-0.25, -0.2) is 4.98 Å². The average molecular weight is 369 g/mol. The second kappa shape index (κ2) is 7.21. The van der Waals surface area contributed by atoms with Gasteiger partial charge in [0.2, 0.25) is 0 Å². The van der Waals surface area contributed by atoms with Crippen LogP contribution in [-0.2, 0) is 4.74 Å². The first-order valence-electron chi connectivity index (χ1n) is 9.85. The number of hydrogen-bond acceptors (Lipinski definition) is 3. The van der Waals surface area contributed by atoms with E-state index in [2.05, 4.69) is 58.9 Å². The van der Waals surface area contributed by atoms with E-state index in [1.54, 1.807) is 0 Å². The third-order valence-electron chi connectivity index (χ3n) is 5.63. The van der Waals surface area contributed by atoms with Gasteiger partial charge in [-0.1, -0.05) is 35.9 Å². The largest absolute Gasteiger partial charge is 0.381 e. The molecule has 0 radical (unpaired) electrons. The van der Waals surface area contributed by atoms with Crippen LogP contribution in [0.3, 0.4) is 0 Å². The van der Waals surface area contributed by atoms with Crippen LogP contribution in [-0.4, -0.2) is 27.7 Å². The topological polar surface area (TPSA) is 39.9 Å². The minimum absolute atomic E-state index is 0.450. The van der Waals surface area contributed by atoms with E-state index in [9.17, 15) is 0 Å². The number of ether oxygens (including phenoxy) is 1. The normalized spacial score (nSPS) is 15.2. The number of rotatable bonds is 3. The Morgan fingerprint density at radius 3 is 2.50 bits per heavy atom. The monoisotopic (exact) mass is 369 g/mol. The van der Waals surface area contributed by atoms with Gasteiger partial charge in [-0.3, -0.25) is 4.98 Å². The third kappa shape index (κ3) is 3.10. The van der Waals surface area contributed by atoms with Gasteiger partial charge < -0.3 is 9.30 Å². The fourth-order valence-electron chi connectivity index (χ4n) is 4.06. The summed E-state index contributed by atoms with van der Waals surface area (Å²) in [6.07, 6.45) is 7.82. The maximum Gasteiger partial charge on any atom is 0.0960 e. The van der Waals surface area contributed by atoms with Gasteiger partial charge in [0.1, 0.15) is 0 Å². The van der Waals surface area contributed by atoms with Crippen LogP contribution in [0.4, 0.5) is 0 Å². The second-order valence-electron chi connectivity index (χ2n) is 7.49. The van der Waals surface area contributed by atoms with Gasteiger partial charge in [0.05, 0.1) is 17.4 Å².